The molecule has 2 aromatic heterocycles. The van der Waals surface area contributed by atoms with Gasteiger partial charge in [0.2, 0.25) is 0 Å². The van der Waals surface area contributed by atoms with Crippen LogP contribution in [0.2, 0.25) is 0 Å². The van der Waals surface area contributed by atoms with Gasteiger partial charge < -0.3 is 0 Å². The van der Waals surface area contributed by atoms with E-state index in [-0.39, 0.29) is 5.38 Å². The van der Waals surface area contributed by atoms with Gasteiger partial charge in [-0.15, -0.1) is 11.6 Å². The smallest absolute Gasteiger partial charge is 0.132 e. The molecule has 5 heteroatoms. The number of alkyl halides is 1. The van der Waals surface area contributed by atoms with Crippen LogP contribution in [0.25, 0.3) is 16.7 Å². The molecule has 0 bridgehead atoms. The van der Waals surface area contributed by atoms with E-state index in [1.165, 1.54) is 5.56 Å². The van der Waals surface area contributed by atoms with Crippen LogP contribution in [0.5, 0.6) is 0 Å². The van der Waals surface area contributed by atoms with E-state index in [4.69, 9.17) is 11.6 Å². The lowest BCUT2D eigenvalue weighted by molar-refractivity contribution is 0.880. The Morgan fingerprint density at radius 1 is 1.30 bits per heavy atom. The van der Waals surface area contributed by atoms with Crippen LogP contribution in [-0.2, 0) is 0 Å². The SMILES string of the molecule is Cc1ccc(-n2c(C(C)Cl)nc3cnccc32)c(Br)c1. The lowest BCUT2D eigenvalue weighted by Crippen LogP contribution is -2.02. The topological polar surface area (TPSA) is 30.7 Å². The minimum absolute atomic E-state index is 0.185. The minimum Gasteiger partial charge on any atom is -0.294 e. The summed E-state index contributed by atoms with van der Waals surface area (Å²) in [6, 6.07) is 8.20. The Kier molecular flexibility index (Phi) is 3.52. The predicted molar refractivity (Wildman–Crippen MR) is 85.6 cm³/mol. The van der Waals surface area contributed by atoms with Crippen molar-refractivity contribution >= 4 is 38.6 Å². The van der Waals surface area contributed by atoms with Crippen LogP contribution in [-0.4, -0.2) is 14.5 Å². The Balaban J connectivity index is 2.36. The highest BCUT2D eigenvalue weighted by molar-refractivity contribution is 9.10. The summed E-state index contributed by atoms with van der Waals surface area (Å²) >= 11 is 9.92. The fourth-order valence-electron chi connectivity index (χ4n) is 2.26. The predicted octanol–water partition coefficient (Wildman–Crippen LogP) is 4.79. The molecule has 0 fully saturated rings. The Hall–Kier alpha value is -1.39. The maximum atomic E-state index is 6.29. The minimum atomic E-state index is -0.185. The van der Waals surface area contributed by atoms with Gasteiger partial charge in [-0.05, 0) is 53.5 Å². The largest absolute Gasteiger partial charge is 0.294 e. The molecule has 0 radical (unpaired) electrons. The molecule has 3 nitrogen and oxygen atoms in total. The van der Waals surface area contributed by atoms with Gasteiger partial charge in [0.15, 0.2) is 0 Å². The quantitative estimate of drug-likeness (QED) is 0.622. The van der Waals surface area contributed by atoms with Gasteiger partial charge in [0.05, 0.1) is 22.8 Å². The monoisotopic (exact) mass is 349 g/mol. The molecule has 0 aliphatic heterocycles. The molecule has 0 spiro atoms. The number of benzene rings is 1. The number of aromatic nitrogens is 3. The van der Waals surface area contributed by atoms with Crippen molar-refractivity contribution < 1.29 is 0 Å². The zero-order valence-corrected chi connectivity index (χ0v) is 13.5. The fourth-order valence-corrected chi connectivity index (χ4v) is 3.08. The number of pyridine rings is 1. The number of aryl methyl sites for hydroxylation is 1. The highest BCUT2D eigenvalue weighted by Crippen LogP contribution is 2.31. The average Bonchev–Trinajstić information content (AvgIpc) is 2.78. The first-order valence-corrected chi connectivity index (χ1v) is 7.54. The van der Waals surface area contributed by atoms with Gasteiger partial charge in [-0.25, -0.2) is 4.98 Å². The lowest BCUT2D eigenvalue weighted by atomic mass is 10.2. The van der Waals surface area contributed by atoms with Crippen molar-refractivity contribution in [2.45, 2.75) is 19.2 Å². The van der Waals surface area contributed by atoms with Crippen molar-refractivity contribution in [1.82, 2.24) is 14.5 Å². The number of hydrogen-bond acceptors (Lipinski definition) is 2. The third kappa shape index (κ3) is 2.23. The zero-order chi connectivity index (χ0) is 14.3. The van der Waals surface area contributed by atoms with Crippen LogP contribution >= 0.6 is 27.5 Å². The summed E-state index contributed by atoms with van der Waals surface area (Å²) in [6.07, 6.45) is 3.53. The molecule has 102 valence electrons. The first-order valence-electron chi connectivity index (χ1n) is 6.31. The zero-order valence-electron chi connectivity index (χ0n) is 11.1. The first kappa shape index (κ1) is 13.6. The molecule has 2 heterocycles. The molecule has 0 saturated carbocycles. The van der Waals surface area contributed by atoms with Gasteiger partial charge >= 0.3 is 0 Å². The van der Waals surface area contributed by atoms with E-state index in [2.05, 4.69) is 55.6 Å². The van der Waals surface area contributed by atoms with Crippen LogP contribution in [0, 0.1) is 6.92 Å². The van der Waals surface area contributed by atoms with E-state index in [9.17, 15) is 0 Å². The summed E-state index contributed by atoms with van der Waals surface area (Å²) in [7, 11) is 0. The molecular formula is C15H13BrClN3. The van der Waals surface area contributed by atoms with E-state index in [1.807, 2.05) is 13.0 Å². The van der Waals surface area contributed by atoms with Crippen LogP contribution < -0.4 is 0 Å². The summed E-state index contributed by atoms with van der Waals surface area (Å²) in [5.74, 6) is 0.819. The maximum Gasteiger partial charge on any atom is 0.132 e. The van der Waals surface area contributed by atoms with E-state index in [0.717, 1.165) is 27.0 Å². The van der Waals surface area contributed by atoms with Crippen molar-refractivity contribution in [3.8, 4) is 5.69 Å². The summed E-state index contributed by atoms with van der Waals surface area (Å²) in [5.41, 5.74) is 4.09. The number of hydrogen-bond donors (Lipinski definition) is 0. The molecule has 0 saturated heterocycles. The average molecular weight is 351 g/mol. The highest BCUT2D eigenvalue weighted by atomic mass is 79.9. The van der Waals surface area contributed by atoms with Gasteiger partial charge in [0, 0.05) is 10.7 Å². The summed E-state index contributed by atoms with van der Waals surface area (Å²) in [5, 5.41) is -0.185. The van der Waals surface area contributed by atoms with E-state index in [0.29, 0.717) is 0 Å². The van der Waals surface area contributed by atoms with Gasteiger partial charge in [0.1, 0.15) is 11.3 Å². The highest BCUT2D eigenvalue weighted by Gasteiger charge is 2.17. The van der Waals surface area contributed by atoms with Gasteiger partial charge in [-0.3, -0.25) is 9.55 Å². The number of nitrogens with zero attached hydrogens (tertiary/aromatic N) is 3. The molecule has 1 unspecified atom stereocenters. The van der Waals surface area contributed by atoms with Gasteiger partial charge in [-0.2, -0.15) is 0 Å². The van der Waals surface area contributed by atoms with Crippen LogP contribution in [0.3, 0.4) is 0 Å². The first-order chi connectivity index (χ1) is 9.58. The normalized spacial score (nSPS) is 12.8. The van der Waals surface area contributed by atoms with Crippen molar-refractivity contribution in [2.75, 3.05) is 0 Å². The number of imidazole rings is 1. The van der Waals surface area contributed by atoms with Crippen LogP contribution in [0.1, 0.15) is 23.7 Å². The lowest BCUT2D eigenvalue weighted by Gasteiger charge is -2.13. The number of halogens is 2. The number of fused-ring (bicyclic) bond motifs is 1. The third-order valence-corrected chi connectivity index (χ3v) is 4.01. The second-order valence-electron chi connectivity index (χ2n) is 4.74. The second-order valence-corrected chi connectivity index (χ2v) is 6.25. The Morgan fingerprint density at radius 3 is 2.80 bits per heavy atom. The standard InChI is InChI=1S/C15H13BrClN3/c1-9-3-4-13(11(16)7-9)20-14-5-6-18-8-12(14)19-15(20)10(2)17/h3-8,10H,1-2H3. The third-order valence-electron chi connectivity index (χ3n) is 3.18. The van der Waals surface area contributed by atoms with E-state index < -0.39 is 0 Å². The molecule has 20 heavy (non-hydrogen) atoms. The molecule has 1 atom stereocenters. The molecule has 0 amide bonds. The van der Waals surface area contributed by atoms with Gasteiger partial charge in [-0.1, -0.05) is 6.07 Å². The van der Waals surface area contributed by atoms with Crippen molar-refractivity contribution in [3.05, 3.63) is 52.5 Å². The second kappa shape index (κ2) is 5.19. The number of rotatable bonds is 2. The van der Waals surface area contributed by atoms with Crippen molar-refractivity contribution in [3.63, 3.8) is 0 Å². The summed E-state index contributed by atoms with van der Waals surface area (Å²) in [4.78, 5) is 8.73. The molecule has 3 aromatic rings. The summed E-state index contributed by atoms with van der Waals surface area (Å²) < 4.78 is 3.10. The Morgan fingerprint density at radius 2 is 2.10 bits per heavy atom. The molecule has 1 aromatic carbocycles. The van der Waals surface area contributed by atoms with Crippen molar-refractivity contribution in [2.24, 2.45) is 0 Å². The Labute approximate surface area is 130 Å². The van der Waals surface area contributed by atoms with Crippen LogP contribution in [0.15, 0.2) is 41.1 Å². The van der Waals surface area contributed by atoms with E-state index in [1.54, 1.807) is 12.4 Å². The Bertz CT molecular complexity index is 780. The van der Waals surface area contributed by atoms with E-state index >= 15 is 0 Å². The maximum absolute atomic E-state index is 6.29. The fraction of sp³-hybridized carbons (Fsp3) is 0.200. The van der Waals surface area contributed by atoms with Gasteiger partial charge in [0.25, 0.3) is 0 Å². The molecule has 0 aliphatic carbocycles. The van der Waals surface area contributed by atoms with Crippen molar-refractivity contribution in [1.29, 1.82) is 0 Å². The molecule has 0 aliphatic rings. The molecule has 3 rings (SSSR count). The molecule has 0 N–H and O–H groups in total. The molecular weight excluding hydrogens is 338 g/mol. The van der Waals surface area contributed by atoms with Crippen LogP contribution in [0.4, 0.5) is 0 Å². The summed E-state index contributed by atoms with van der Waals surface area (Å²) in [6.45, 7) is 3.99.